The van der Waals surface area contributed by atoms with Gasteiger partial charge >= 0.3 is 0 Å². The molecule has 5 nitrogen and oxygen atoms in total. The maximum absolute atomic E-state index is 11.0. The Balaban J connectivity index is 2.18. The molecule has 2 aromatic rings. The van der Waals surface area contributed by atoms with Crippen LogP contribution in [0.1, 0.15) is 16.2 Å². The minimum Gasteiger partial charge on any atom is -0.461 e. The van der Waals surface area contributed by atoms with Crippen LogP contribution in [-0.2, 0) is 0 Å². The molecule has 0 unspecified atom stereocenters. The Hall–Kier alpha value is -1.37. The summed E-state index contributed by atoms with van der Waals surface area (Å²) in [5.74, 6) is 0.711. The second-order valence-electron chi connectivity index (χ2n) is 3.28. The van der Waals surface area contributed by atoms with Gasteiger partial charge in [0.2, 0.25) is 0 Å². The van der Waals surface area contributed by atoms with Crippen molar-refractivity contribution < 1.29 is 9.21 Å². The molecule has 1 aliphatic heterocycles. The van der Waals surface area contributed by atoms with E-state index in [-0.39, 0.29) is 16.7 Å². The molecule has 18 heavy (non-hydrogen) atoms. The van der Waals surface area contributed by atoms with E-state index in [1.165, 1.54) is 24.2 Å². The summed E-state index contributed by atoms with van der Waals surface area (Å²) >= 11 is 12.7. The van der Waals surface area contributed by atoms with Crippen LogP contribution >= 0.6 is 35.0 Å². The molecular weight excluding hydrogens is 297 g/mol. The highest BCUT2D eigenvalue weighted by atomic mass is 35.5. The van der Waals surface area contributed by atoms with E-state index in [9.17, 15) is 4.79 Å². The van der Waals surface area contributed by atoms with Crippen molar-refractivity contribution in [3.63, 3.8) is 0 Å². The van der Waals surface area contributed by atoms with Crippen molar-refractivity contribution in [3.8, 4) is 0 Å². The fraction of sp³-hybridized carbons (Fsp3) is 0. The molecule has 3 rings (SSSR count). The smallest absolute Gasteiger partial charge is 0.272 e. The summed E-state index contributed by atoms with van der Waals surface area (Å²) in [6.45, 7) is 0. The summed E-state index contributed by atoms with van der Waals surface area (Å²) in [4.78, 5) is 24.0. The second kappa shape index (κ2) is 4.38. The lowest BCUT2D eigenvalue weighted by atomic mass is 10.4. The largest absolute Gasteiger partial charge is 0.461 e. The molecule has 90 valence electrons. The van der Waals surface area contributed by atoms with Gasteiger partial charge in [0, 0.05) is 0 Å². The van der Waals surface area contributed by atoms with Gasteiger partial charge < -0.3 is 4.42 Å². The van der Waals surface area contributed by atoms with Crippen molar-refractivity contribution in [1.82, 2.24) is 9.97 Å². The van der Waals surface area contributed by atoms with Crippen LogP contribution in [0, 0.1) is 0 Å². The zero-order valence-electron chi connectivity index (χ0n) is 8.55. The third kappa shape index (κ3) is 1.92. The summed E-state index contributed by atoms with van der Waals surface area (Å²) in [5, 5.41) is 0.00667. The van der Waals surface area contributed by atoms with Crippen LogP contribution in [0.15, 0.2) is 37.9 Å². The lowest BCUT2D eigenvalue weighted by Gasteiger charge is -2.00. The van der Waals surface area contributed by atoms with Crippen molar-refractivity contribution in [2.24, 2.45) is 4.99 Å². The van der Waals surface area contributed by atoms with E-state index in [1.54, 1.807) is 6.07 Å². The van der Waals surface area contributed by atoms with Gasteiger partial charge in [0.15, 0.2) is 16.7 Å². The van der Waals surface area contributed by atoms with Crippen molar-refractivity contribution >= 4 is 51.2 Å². The zero-order chi connectivity index (χ0) is 12.7. The molecule has 0 saturated carbocycles. The number of carbonyl (C=O) groups excluding carboxylic acids is 1. The Morgan fingerprint density at radius 3 is 3.06 bits per heavy atom. The van der Waals surface area contributed by atoms with Crippen molar-refractivity contribution in [1.29, 1.82) is 0 Å². The van der Waals surface area contributed by atoms with Crippen LogP contribution in [0.2, 0.25) is 0 Å². The van der Waals surface area contributed by atoms with Crippen LogP contribution in [0.5, 0.6) is 0 Å². The normalized spacial score (nSPS) is 13.3. The molecule has 1 aliphatic rings. The topological polar surface area (TPSA) is 68.3 Å². The van der Waals surface area contributed by atoms with Gasteiger partial charge in [-0.3, -0.25) is 4.79 Å². The molecule has 8 heteroatoms. The average molecular weight is 300 g/mol. The molecule has 2 aromatic heterocycles. The fourth-order valence-corrected chi connectivity index (χ4v) is 2.61. The number of aliphatic imine (C=N–C) groups is 1. The molecule has 0 aliphatic carbocycles. The average Bonchev–Trinajstić information content (AvgIpc) is 2.74. The van der Waals surface area contributed by atoms with Crippen LogP contribution in [0.3, 0.4) is 0 Å². The number of halogens is 2. The predicted octanol–water partition coefficient (Wildman–Crippen LogP) is 3.23. The molecule has 0 fully saturated rings. The van der Waals surface area contributed by atoms with Gasteiger partial charge in [-0.1, -0.05) is 23.4 Å². The highest BCUT2D eigenvalue weighted by molar-refractivity contribution is 7.99. The van der Waals surface area contributed by atoms with E-state index < -0.39 is 5.24 Å². The predicted molar refractivity (Wildman–Crippen MR) is 67.1 cm³/mol. The zero-order valence-corrected chi connectivity index (χ0v) is 10.9. The molecule has 0 radical (unpaired) electrons. The molecule has 0 aromatic carbocycles. The van der Waals surface area contributed by atoms with E-state index in [0.717, 1.165) is 4.90 Å². The number of hydrogen-bond donors (Lipinski definition) is 0. The van der Waals surface area contributed by atoms with E-state index in [1.807, 2.05) is 0 Å². The number of aromatic nitrogens is 2. The van der Waals surface area contributed by atoms with Gasteiger partial charge in [0.1, 0.15) is 10.7 Å². The first kappa shape index (κ1) is 11.7. The minimum absolute atomic E-state index is 0.0303. The first-order valence-electron chi connectivity index (χ1n) is 4.72. The van der Waals surface area contributed by atoms with E-state index >= 15 is 0 Å². The van der Waals surface area contributed by atoms with Crippen LogP contribution in [-0.4, -0.2) is 20.4 Å². The number of rotatable bonds is 1. The van der Waals surface area contributed by atoms with Crippen LogP contribution < -0.4 is 0 Å². The Morgan fingerprint density at radius 1 is 1.44 bits per heavy atom. The highest BCUT2D eigenvalue weighted by Gasteiger charge is 2.21. The van der Waals surface area contributed by atoms with Crippen molar-refractivity contribution in [2.75, 3.05) is 0 Å². The molecule has 0 saturated heterocycles. The maximum Gasteiger partial charge on any atom is 0.272 e. The molecule has 3 heterocycles. The van der Waals surface area contributed by atoms with Crippen LogP contribution in [0.25, 0.3) is 0 Å². The lowest BCUT2D eigenvalue weighted by molar-refractivity contribution is 0.107. The second-order valence-corrected chi connectivity index (χ2v) is 5.01. The molecular formula is C10H3Cl2N3O2S. The highest BCUT2D eigenvalue weighted by Crippen LogP contribution is 2.39. The summed E-state index contributed by atoms with van der Waals surface area (Å²) < 4.78 is 5.22. The van der Waals surface area contributed by atoms with Crippen LogP contribution in [0.4, 0.5) is 5.82 Å². The Morgan fingerprint density at radius 2 is 2.28 bits per heavy atom. The van der Waals surface area contributed by atoms with Gasteiger partial charge in [-0.25, -0.2) is 15.0 Å². The number of furan rings is 1. The summed E-state index contributed by atoms with van der Waals surface area (Å²) in [6.07, 6.45) is 2.82. The standard InChI is InChI=1S/C10H3Cl2N3O2S/c11-7-6-5(1-2-17-6)18-10-9(15-7)14-4(3-13-10)8(12)16/h1-3H. The SMILES string of the molecule is O=C(Cl)c1cnc2c(n1)N=C(Cl)c1occc1S2. The monoisotopic (exact) mass is 299 g/mol. The van der Waals surface area contributed by atoms with E-state index in [0.29, 0.717) is 10.8 Å². The molecule has 0 spiro atoms. The number of nitrogens with zero attached hydrogens (tertiary/aromatic N) is 3. The van der Waals surface area contributed by atoms with Crippen molar-refractivity contribution in [2.45, 2.75) is 9.92 Å². The fourth-order valence-electron chi connectivity index (χ4n) is 1.38. The molecule has 0 N–H and O–H groups in total. The Bertz CT molecular complexity index is 684. The minimum atomic E-state index is -0.692. The third-order valence-corrected chi connectivity index (χ3v) is 3.62. The quantitative estimate of drug-likeness (QED) is 0.756. The van der Waals surface area contributed by atoms with Gasteiger partial charge in [0.05, 0.1) is 17.4 Å². The third-order valence-electron chi connectivity index (χ3n) is 2.15. The lowest BCUT2D eigenvalue weighted by Crippen LogP contribution is -1.97. The summed E-state index contributed by atoms with van der Waals surface area (Å²) in [7, 11) is 0. The van der Waals surface area contributed by atoms with E-state index in [4.69, 9.17) is 27.6 Å². The van der Waals surface area contributed by atoms with Gasteiger partial charge in [-0.15, -0.1) is 0 Å². The Kier molecular flexibility index (Phi) is 2.85. The molecule has 0 amide bonds. The maximum atomic E-state index is 11.0. The summed E-state index contributed by atoms with van der Waals surface area (Å²) in [5.41, 5.74) is 0.0303. The van der Waals surface area contributed by atoms with Gasteiger partial charge in [0.25, 0.3) is 5.24 Å². The summed E-state index contributed by atoms with van der Waals surface area (Å²) in [6, 6.07) is 1.76. The first-order chi connectivity index (χ1) is 8.65. The van der Waals surface area contributed by atoms with Gasteiger partial charge in [-0.05, 0) is 17.7 Å². The number of fused-ring (bicyclic) bond motifs is 2. The van der Waals surface area contributed by atoms with E-state index in [2.05, 4.69) is 15.0 Å². The molecule has 0 bridgehead atoms. The van der Waals surface area contributed by atoms with Crippen molar-refractivity contribution in [3.05, 3.63) is 30.0 Å². The van der Waals surface area contributed by atoms with Gasteiger partial charge in [-0.2, -0.15) is 0 Å². The first-order valence-corrected chi connectivity index (χ1v) is 6.29. The number of carbonyl (C=O) groups is 1. The molecule has 0 atom stereocenters. The Labute approximate surface area is 115 Å². The number of hydrogen-bond acceptors (Lipinski definition) is 6.